The predicted molar refractivity (Wildman–Crippen MR) is 86.6 cm³/mol. The minimum absolute atomic E-state index is 0.179. The molecular formula is C14H24N4O2S. The molecule has 0 saturated heterocycles. The van der Waals surface area contributed by atoms with E-state index in [9.17, 15) is 9.00 Å². The molecule has 0 aliphatic heterocycles. The topological polar surface area (TPSA) is 97.1 Å². The average Bonchev–Trinajstić information content (AvgIpc) is 2.41. The van der Waals surface area contributed by atoms with Crippen LogP contribution in [0.2, 0.25) is 0 Å². The van der Waals surface area contributed by atoms with Gasteiger partial charge >= 0.3 is 0 Å². The molecule has 7 heteroatoms. The Morgan fingerprint density at radius 1 is 1.38 bits per heavy atom. The molecule has 6 nitrogen and oxygen atoms in total. The molecule has 0 bridgehead atoms. The summed E-state index contributed by atoms with van der Waals surface area (Å²) < 4.78 is 11.0. The van der Waals surface area contributed by atoms with Crippen molar-refractivity contribution in [2.24, 2.45) is 5.84 Å². The number of anilines is 1. The van der Waals surface area contributed by atoms with Crippen LogP contribution in [0.15, 0.2) is 12.1 Å². The van der Waals surface area contributed by atoms with Gasteiger partial charge in [0.05, 0.1) is 0 Å². The molecule has 21 heavy (non-hydrogen) atoms. The predicted octanol–water partition coefficient (Wildman–Crippen LogP) is 1.16. The van der Waals surface area contributed by atoms with Gasteiger partial charge in [-0.15, -0.1) is 0 Å². The maximum Gasteiger partial charge on any atom is 0.251 e. The molecule has 0 aliphatic carbocycles. The molecule has 0 spiro atoms. The number of nitrogens with one attached hydrogen (secondary N) is 2. The summed E-state index contributed by atoms with van der Waals surface area (Å²) in [5.74, 6) is 6.27. The fourth-order valence-corrected chi connectivity index (χ4v) is 2.25. The van der Waals surface area contributed by atoms with Crippen molar-refractivity contribution in [1.82, 2.24) is 10.3 Å². The molecule has 0 fully saturated rings. The Kier molecular flexibility index (Phi) is 6.29. The lowest BCUT2D eigenvalue weighted by molar-refractivity contribution is 0.0953. The van der Waals surface area contributed by atoms with E-state index in [1.54, 1.807) is 18.4 Å². The number of nitrogens with two attached hydrogens (primary N) is 1. The van der Waals surface area contributed by atoms with Gasteiger partial charge in [-0.05, 0) is 18.6 Å². The van der Waals surface area contributed by atoms with Crippen molar-refractivity contribution in [3.05, 3.63) is 23.4 Å². The van der Waals surface area contributed by atoms with E-state index < -0.39 is 10.8 Å². The van der Waals surface area contributed by atoms with Gasteiger partial charge in [-0.1, -0.05) is 20.8 Å². The second-order valence-corrected chi connectivity index (χ2v) is 7.46. The number of hydrazine groups is 1. The number of nitrogens with zero attached hydrogens (tertiary/aromatic N) is 1. The first-order valence-corrected chi connectivity index (χ1v) is 8.54. The van der Waals surface area contributed by atoms with Gasteiger partial charge in [-0.2, -0.15) is 0 Å². The number of hydrogen-bond acceptors (Lipinski definition) is 5. The molecule has 0 aliphatic rings. The molecule has 0 saturated carbocycles. The third kappa shape index (κ3) is 5.81. The zero-order valence-corrected chi connectivity index (χ0v) is 13.8. The first-order valence-electron chi connectivity index (χ1n) is 6.81. The second kappa shape index (κ2) is 7.51. The van der Waals surface area contributed by atoms with Gasteiger partial charge in [0.25, 0.3) is 5.91 Å². The third-order valence-electron chi connectivity index (χ3n) is 2.90. The van der Waals surface area contributed by atoms with E-state index in [0.717, 1.165) is 5.69 Å². The summed E-state index contributed by atoms with van der Waals surface area (Å²) in [6.45, 7) is 6.56. The Labute approximate surface area is 128 Å². The molecule has 1 amide bonds. The van der Waals surface area contributed by atoms with Crippen LogP contribution >= 0.6 is 0 Å². The first-order chi connectivity index (χ1) is 9.74. The molecule has 1 atom stereocenters. The molecule has 0 radical (unpaired) electrons. The number of hydrogen-bond donors (Lipinski definition) is 3. The Morgan fingerprint density at radius 2 is 2.05 bits per heavy atom. The van der Waals surface area contributed by atoms with Crippen molar-refractivity contribution in [3.63, 3.8) is 0 Å². The number of rotatable bonds is 6. The van der Waals surface area contributed by atoms with Crippen LogP contribution in [0, 0.1) is 0 Å². The largest absolute Gasteiger partial charge is 0.352 e. The van der Waals surface area contributed by atoms with E-state index in [0.29, 0.717) is 30.1 Å². The summed E-state index contributed by atoms with van der Waals surface area (Å²) in [5, 5.41) is 2.81. The molecule has 1 aromatic heterocycles. The van der Waals surface area contributed by atoms with Crippen LogP contribution in [0.1, 0.15) is 43.2 Å². The van der Waals surface area contributed by atoms with Crippen LogP contribution < -0.4 is 16.6 Å². The van der Waals surface area contributed by atoms with E-state index in [1.165, 1.54) is 0 Å². The quantitative estimate of drug-likeness (QED) is 0.416. The van der Waals surface area contributed by atoms with Crippen LogP contribution in [0.4, 0.5) is 5.82 Å². The van der Waals surface area contributed by atoms with E-state index in [1.807, 2.05) is 20.8 Å². The Bertz CT molecular complexity index is 526. The smallest absolute Gasteiger partial charge is 0.251 e. The summed E-state index contributed by atoms with van der Waals surface area (Å²) in [6.07, 6.45) is 2.34. The highest BCUT2D eigenvalue weighted by Gasteiger charge is 2.19. The van der Waals surface area contributed by atoms with Crippen LogP contribution in [0.25, 0.3) is 0 Å². The fourth-order valence-electron chi connectivity index (χ4n) is 1.70. The molecule has 0 aromatic carbocycles. The van der Waals surface area contributed by atoms with Crippen molar-refractivity contribution in [2.45, 2.75) is 32.6 Å². The zero-order valence-electron chi connectivity index (χ0n) is 13.0. The van der Waals surface area contributed by atoms with Gasteiger partial charge in [-0.3, -0.25) is 9.00 Å². The number of carbonyl (C=O) groups is 1. The lowest BCUT2D eigenvalue weighted by Crippen LogP contribution is -2.27. The third-order valence-corrected chi connectivity index (χ3v) is 3.76. The summed E-state index contributed by atoms with van der Waals surface area (Å²) >= 11 is 0. The highest BCUT2D eigenvalue weighted by Crippen LogP contribution is 2.23. The highest BCUT2D eigenvalue weighted by atomic mass is 32.2. The van der Waals surface area contributed by atoms with Gasteiger partial charge in [-0.25, -0.2) is 10.8 Å². The van der Waals surface area contributed by atoms with Crippen LogP contribution in [-0.2, 0) is 16.2 Å². The van der Waals surface area contributed by atoms with Gasteiger partial charge in [0, 0.05) is 46.0 Å². The molecule has 1 aromatic rings. The summed E-state index contributed by atoms with van der Waals surface area (Å²) in [6, 6.07) is 3.39. The molecule has 4 N–H and O–H groups in total. The van der Waals surface area contributed by atoms with Gasteiger partial charge in [0.1, 0.15) is 5.82 Å². The van der Waals surface area contributed by atoms with Crippen LogP contribution in [-0.4, -0.2) is 33.7 Å². The average molecular weight is 312 g/mol. The standard InChI is InChI=1S/C14H24N4O2S/c1-14(2,3)11-8-10(9-12(17-11)18-15)13(19)16-6-5-7-21(4)20/h8-9H,5-7,15H2,1-4H3,(H,16,19)(H,17,18). The first kappa shape index (κ1) is 17.6. The number of nitrogen functional groups attached to an aromatic ring is 1. The van der Waals surface area contributed by atoms with Crippen LogP contribution in [0.5, 0.6) is 0 Å². The maximum atomic E-state index is 12.2. The van der Waals surface area contributed by atoms with Crippen molar-refractivity contribution in [2.75, 3.05) is 24.0 Å². The number of carbonyl (C=O) groups excluding carboxylic acids is 1. The number of pyridine rings is 1. The SMILES string of the molecule is CS(=O)CCCNC(=O)c1cc(NN)nc(C(C)(C)C)c1. The highest BCUT2D eigenvalue weighted by molar-refractivity contribution is 7.84. The van der Waals surface area contributed by atoms with Crippen molar-refractivity contribution in [3.8, 4) is 0 Å². The lowest BCUT2D eigenvalue weighted by Gasteiger charge is -2.19. The molecule has 118 valence electrons. The second-order valence-electron chi connectivity index (χ2n) is 5.91. The van der Waals surface area contributed by atoms with Crippen molar-refractivity contribution >= 4 is 22.5 Å². The van der Waals surface area contributed by atoms with E-state index in [-0.39, 0.29) is 11.3 Å². The fraction of sp³-hybridized carbons (Fsp3) is 0.571. The Morgan fingerprint density at radius 3 is 2.57 bits per heavy atom. The zero-order chi connectivity index (χ0) is 16.0. The monoisotopic (exact) mass is 312 g/mol. The van der Waals surface area contributed by atoms with Gasteiger partial charge in [0.2, 0.25) is 0 Å². The maximum absolute atomic E-state index is 12.2. The molecular weight excluding hydrogens is 288 g/mol. The Balaban J connectivity index is 2.81. The van der Waals surface area contributed by atoms with Gasteiger partial charge < -0.3 is 10.7 Å². The van der Waals surface area contributed by atoms with Crippen LogP contribution in [0.3, 0.4) is 0 Å². The Hall–Kier alpha value is -1.47. The summed E-state index contributed by atoms with van der Waals surface area (Å²) in [7, 11) is -0.833. The molecule has 1 heterocycles. The van der Waals surface area contributed by atoms with Crippen molar-refractivity contribution < 1.29 is 9.00 Å². The minimum atomic E-state index is -0.833. The van der Waals surface area contributed by atoms with E-state index >= 15 is 0 Å². The number of aromatic nitrogens is 1. The van der Waals surface area contributed by atoms with Crippen molar-refractivity contribution in [1.29, 1.82) is 0 Å². The van der Waals surface area contributed by atoms with Gasteiger partial charge in [0.15, 0.2) is 0 Å². The van der Waals surface area contributed by atoms with E-state index in [4.69, 9.17) is 5.84 Å². The van der Waals surface area contributed by atoms with E-state index in [2.05, 4.69) is 15.7 Å². The molecule has 1 rings (SSSR count). The minimum Gasteiger partial charge on any atom is -0.352 e. The summed E-state index contributed by atoms with van der Waals surface area (Å²) in [4.78, 5) is 16.5. The summed E-state index contributed by atoms with van der Waals surface area (Å²) in [5.41, 5.74) is 3.61. The number of amides is 1. The molecule has 1 unspecified atom stereocenters. The normalized spacial score (nSPS) is 12.8. The lowest BCUT2D eigenvalue weighted by atomic mass is 9.90.